The van der Waals surface area contributed by atoms with Gasteiger partial charge < -0.3 is 24.1 Å². The first-order valence-corrected chi connectivity index (χ1v) is 14.5. The lowest BCUT2D eigenvalue weighted by Crippen LogP contribution is -2.28. The van der Waals surface area contributed by atoms with E-state index in [-0.39, 0.29) is 30.6 Å². The van der Waals surface area contributed by atoms with E-state index in [0.29, 0.717) is 22.8 Å². The molecule has 2 aromatic carbocycles. The Labute approximate surface area is 263 Å². The van der Waals surface area contributed by atoms with Crippen LogP contribution in [0.1, 0.15) is 62.0 Å². The number of nitrogens with zero attached hydrogens (tertiary/aromatic N) is 2. The van der Waals surface area contributed by atoms with Gasteiger partial charge in [-0.25, -0.2) is 0 Å². The summed E-state index contributed by atoms with van der Waals surface area (Å²) in [5.41, 5.74) is 4.61. The molecule has 0 aliphatic carbocycles. The number of carbonyl (C=O) groups excluding carboxylic acids is 1. The van der Waals surface area contributed by atoms with E-state index in [9.17, 15) is 4.79 Å². The van der Waals surface area contributed by atoms with Gasteiger partial charge in [0.2, 0.25) is 5.78 Å². The highest BCUT2D eigenvalue weighted by molar-refractivity contribution is 6.14. The van der Waals surface area contributed by atoms with Gasteiger partial charge in [-0.15, -0.1) is 24.8 Å². The lowest BCUT2D eigenvalue weighted by atomic mass is 9.99. The van der Waals surface area contributed by atoms with Crippen molar-refractivity contribution in [3.8, 4) is 22.6 Å². The normalized spacial score (nSPS) is 10.7. The predicted molar refractivity (Wildman–Crippen MR) is 180 cm³/mol. The summed E-state index contributed by atoms with van der Waals surface area (Å²) in [4.78, 5) is 16.7. The largest absolute Gasteiger partial charge is 0.495 e. The highest BCUT2D eigenvalue weighted by Crippen LogP contribution is 2.40. The molecule has 6 nitrogen and oxygen atoms in total. The van der Waals surface area contributed by atoms with E-state index >= 15 is 0 Å². The van der Waals surface area contributed by atoms with Gasteiger partial charge in [0.15, 0.2) is 5.75 Å². The third kappa shape index (κ3) is 8.21. The highest BCUT2D eigenvalue weighted by Gasteiger charge is 2.26. The Bertz CT molecular complexity index is 1380. The molecule has 2 aromatic heterocycles. The standard InChI is InChI=1S/C34H43N3O3.2ClH/c1-5-7-21-36(22-8-6-2)23-14-20-35-28-19-18-27(25-30(28)39-3)33(38)32-31(26-15-10-9-11-16-26)34(40-4)29-17-12-13-24-37(29)32;;/h9-13,15-19,24-25,35H,5-8,14,20-23H2,1-4H3;2*1H. The maximum atomic E-state index is 14.1. The first kappa shape index (κ1) is 35.0. The number of pyridine rings is 1. The summed E-state index contributed by atoms with van der Waals surface area (Å²) in [5, 5.41) is 3.53. The summed E-state index contributed by atoms with van der Waals surface area (Å²) in [6, 6.07) is 21.5. The molecule has 0 aliphatic rings. The molecule has 0 saturated heterocycles. The van der Waals surface area contributed by atoms with E-state index in [1.165, 1.54) is 38.8 Å². The van der Waals surface area contributed by atoms with E-state index < -0.39 is 0 Å². The second-order valence-corrected chi connectivity index (χ2v) is 10.2. The second kappa shape index (κ2) is 17.7. The topological polar surface area (TPSA) is 55.2 Å². The van der Waals surface area contributed by atoms with E-state index in [0.717, 1.165) is 41.8 Å². The van der Waals surface area contributed by atoms with Crippen LogP contribution < -0.4 is 14.8 Å². The van der Waals surface area contributed by atoms with Gasteiger partial charge in [0.05, 0.1) is 31.0 Å². The van der Waals surface area contributed by atoms with Crippen LogP contribution in [-0.4, -0.2) is 55.5 Å². The molecule has 0 radical (unpaired) electrons. The summed E-state index contributed by atoms with van der Waals surface area (Å²) in [7, 11) is 3.30. The number of anilines is 1. The Kier molecular flexibility index (Phi) is 14.7. The van der Waals surface area contributed by atoms with Crippen LogP contribution in [0.3, 0.4) is 0 Å². The Morgan fingerprint density at radius 1 is 0.833 bits per heavy atom. The number of methoxy groups -OCH3 is 2. The minimum atomic E-state index is -0.0873. The van der Waals surface area contributed by atoms with E-state index in [2.05, 4.69) is 24.1 Å². The fourth-order valence-corrected chi connectivity index (χ4v) is 5.22. The number of ether oxygens (including phenoxy) is 2. The van der Waals surface area contributed by atoms with E-state index in [4.69, 9.17) is 9.47 Å². The van der Waals surface area contributed by atoms with E-state index in [1.807, 2.05) is 77.3 Å². The first-order chi connectivity index (χ1) is 19.6. The van der Waals surface area contributed by atoms with Crippen molar-refractivity contribution < 1.29 is 14.3 Å². The molecule has 0 fully saturated rings. The average molecular weight is 615 g/mol. The fourth-order valence-electron chi connectivity index (χ4n) is 5.22. The minimum absolute atomic E-state index is 0. The molecule has 4 rings (SSSR count). The van der Waals surface area contributed by atoms with Crippen molar-refractivity contribution in [2.75, 3.05) is 45.7 Å². The van der Waals surface area contributed by atoms with Crippen LogP contribution in [0, 0.1) is 0 Å². The van der Waals surface area contributed by atoms with Crippen LogP contribution in [0.4, 0.5) is 5.69 Å². The number of unbranched alkanes of at least 4 members (excludes halogenated alkanes) is 2. The minimum Gasteiger partial charge on any atom is -0.495 e. The third-order valence-electron chi connectivity index (χ3n) is 7.37. The number of aromatic nitrogens is 1. The molecule has 1 N–H and O–H groups in total. The average Bonchev–Trinajstić information content (AvgIpc) is 3.34. The predicted octanol–water partition coefficient (Wildman–Crippen LogP) is 8.40. The zero-order valence-corrected chi connectivity index (χ0v) is 26.9. The van der Waals surface area contributed by atoms with Crippen LogP contribution in [0.5, 0.6) is 11.5 Å². The van der Waals surface area contributed by atoms with Crippen molar-refractivity contribution in [1.82, 2.24) is 9.30 Å². The lowest BCUT2D eigenvalue weighted by Gasteiger charge is -2.22. The van der Waals surface area contributed by atoms with E-state index in [1.54, 1.807) is 14.2 Å². The number of nitrogens with one attached hydrogen (secondary N) is 1. The van der Waals surface area contributed by atoms with Crippen molar-refractivity contribution in [3.05, 3.63) is 84.2 Å². The van der Waals surface area contributed by atoms with Crippen molar-refractivity contribution >= 4 is 41.8 Å². The molecule has 228 valence electrons. The number of halogens is 2. The summed E-state index contributed by atoms with van der Waals surface area (Å²) < 4.78 is 13.5. The molecule has 42 heavy (non-hydrogen) atoms. The molecule has 8 heteroatoms. The van der Waals surface area contributed by atoms with Crippen molar-refractivity contribution in [1.29, 1.82) is 0 Å². The van der Waals surface area contributed by atoms with Crippen LogP contribution in [0.25, 0.3) is 16.6 Å². The van der Waals surface area contributed by atoms with Crippen molar-refractivity contribution in [3.63, 3.8) is 0 Å². The number of rotatable bonds is 16. The van der Waals surface area contributed by atoms with Gasteiger partial charge in [0, 0.05) is 18.3 Å². The molecule has 4 aromatic rings. The van der Waals surface area contributed by atoms with Gasteiger partial charge in [0.25, 0.3) is 0 Å². The molecule has 0 unspecified atom stereocenters. The van der Waals surface area contributed by atoms with Crippen LogP contribution in [0.2, 0.25) is 0 Å². The Morgan fingerprint density at radius 2 is 1.50 bits per heavy atom. The van der Waals surface area contributed by atoms with Crippen LogP contribution in [-0.2, 0) is 0 Å². The molecule has 0 bridgehead atoms. The number of fused-ring (bicyclic) bond motifs is 1. The van der Waals surface area contributed by atoms with Gasteiger partial charge in [-0.2, -0.15) is 0 Å². The second-order valence-electron chi connectivity index (χ2n) is 10.2. The lowest BCUT2D eigenvalue weighted by molar-refractivity contribution is 0.103. The van der Waals surface area contributed by atoms with Gasteiger partial charge >= 0.3 is 0 Å². The fraction of sp³-hybridized carbons (Fsp3) is 0.382. The van der Waals surface area contributed by atoms with Crippen LogP contribution >= 0.6 is 24.8 Å². The number of benzene rings is 2. The molecule has 2 heterocycles. The smallest absolute Gasteiger partial charge is 0.210 e. The zero-order valence-electron chi connectivity index (χ0n) is 25.2. The summed E-state index contributed by atoms with van der Waals surface area (Å²) in [5.74, 6) is 1.26. The maximum Gasteiger partial charge on any atom is 0.210 e. The Balaban J connectivity index is 0.00000308. The molecule has 0 spiro atoms. The van der Waals surface area contributed by atoms with Gasteiger partial charge in [-0.1, -0.05) is 63.1 Å². The molecule has 0 saturated carbocycles. The third-order valence-corrected chi connectivity index (χ3v) is 7.37. The van der Waals surface area contributed by atoms with Crippen molar-refractivity contribution in [2.24, 2.45) is 0 Å². The number of hydrogen-bond donors (Lipinski definition) is 1. The molecule has 0 amide bonds. The summed E-state index contributed by atoms with van der Waals surface area (Å²) in [6.07, 6.45) is 7.90. The summed E-state index contributed by atoms with van der Waals surface area (Å²) >= 11 is 0. The SMILES string of the molecule is CCCCN(CCCC)CCCNc1ccc(C(=O)c2c(-c3ccccc3)c(OC)c3ccccn23)cc1OC.Cl.Cl. The molecule has 0 aliphatic heterocycles. The molecular formula is C34H45Cl2N3O3. The Hall–Kier alpha value is -3.19. The molecule has 0 atom stereocenters. The monoisotopic (exact) mass is 613 g/mol. The van der Waals surface area contributed by atoms with Gasteiger partial charge in [-0.05, 0) is 74.8 Å². The van der Waals surface area contributed by atoms with Crippen LogP contribution in [0.15, 0.2) is 72.9 Å². The molecular weight excluding hydrogens is 569 g/mol. The number of hydrogen-bond acceptors (Lipinski definition) is 5. The quantitative estimate of drug-likeness (QED) is 0.101. The van der Waals surface area contributed by atoms with Crippen molar-refractivity contribution in [2.45, 2.75) is 46.0 Å². The number of ketones is 1. The van der Waals surface area contributed by atoms with Gasteiger partial charge in [-0.3, -0.25) is 4.79 Å². The maximum absolute atomic E-state index is 14.1. The van der Waals surface area contributed by atoms with Gasteiger partial charge in [0.1, 0.15) is 11.4 Å². The first-order valence-electron chi connectivity index (χ1n) is 14.5. The summed E-state index contributed by atoms with van der Waals surface area (Å²) in [6.45, 7) is 8.76. The Morgan fingerprint density at radius 3 is 2.14 bits per heavy atom. The zero-order chi connectivity index (χ0) is 28.3. The number of carbonyl (C=O) groups is 1. The highest BCUT2D eigenvalue weighted by atomic mass is 35.5.